The number of hydrogen-bond donors (Lipinski definition) is 0. The van der Waals surface area contributed by atoms with Crippen LogP contribution in [-0.2, 0) is 4.79 Å². The Morgan fingerprint density at radius 1 is 1.86 bits per heavy atom. The standard InChI is InChI=1S/C4H7N2O/c1-6-4(7)2-3-5-6/h2-3H2,1H3. The molecule has 1 aliphatic rings. The first-order valence-electron chi connectivity index (χ1n) is 2.24. The molecule has 0 saturated carbocycles. The summed E-state index contributed by atoms with van der Waals surface area (Å²) in [5, 5.41) is 1.39. The lowest BCUT2D eigenvalue weighted by atomic mass is 10.4. The molecule has 0 unspecified atom stereocenters. The zero-order chi connectivity index (χ0) is 5.28. The van der Waals surface area contributed by atoms with Crippen LogP contribution in [0.15, 0.2) is 0 Å². The average molecular weight is 99.1 g/mol. The first-order chi connectivity index (χ1) is 3.30. The summed E-state index contributed by atoms with van der Waals surface area (Å²) in [7, 11) is 1.68. The smallest absolute Gasteiger partial charge is 0.239 e. The molecule has 0 spiro atoms. The molecule has 1 aliphatic heterocycles. The summed E-state index contributed by atoms with van der Waals surface area (Å²) < 4.78 is 0. The molecule has 39 valence electrons. The van der Waals surface area contributed by atoms with Gasteiger partial charge in [-0.2, -0.15) is 0 Å². The molecular formula is C4H7N2O. The summed E-state index contributed by atoms with van der Waals surface area (Å²) >= 11 is 0. The molecule has 1 heterocycles. The maximum Gasteiger partial charge on any atom is 0.239 e. The fraction of sp³-hybridized carbons (Fsp3) is 0.750. The van der Waals surface area contributed by atoms with E-state index in [4.69, 9.17) is 0 Å². The molecule has 1 rings (SSSR count). The second-order valence-corrected chi connectivity index (χ2v) is 1.53. The van der Waals surface area contributed by atoms with Crippen LogP contribution in [0.1, 0.15) is 6.42 Å². The van der Waals surface area contributed by atoms with Crippen LogP contribution in [0.3, 0.4) is 0 Å². The number of carbonyl (C=O) groups excluding carboxylic acids is 1. The summed E-state index contributed by atoms with van der Waals surface area (Å²) in [4.78, 5) is 10.4. The van der Waals surface area contributed by atoms with Crippen LogP contribution in [-0.4, -0.2) is 24.5 Å². The van der Waals surface area contributed by atoms with E-state index in [-0.39, 0.29) is 5.91 Å². The van der Waals surface area contributed by atoms with Gasteiger partial charge in [-0.05, 0) is 0 Å². The fourth-order valence-electron chi connectivity index (χ4n) is 0.536. The summed E-state index contributed by atoms with van der Waals surface area (Å²) in [6.07, 6.45) is 0.594. The molecule has 7 heavy (non-hydrogen) atoms. The number of hydrogen-bond acceptors (Lipinski definition) is 1. The third-order valence-electron chi connectivity index (χ3n) is 0.999. The van der Waals surface area contributed by atoms with Crippen molar-refractivity contribution in [2.45, 2.75) is 6.42 Å². The molecule has 0 aromatic carbocycles. The molecule has 1 fully saturated rings. The Morgan fingerprint density at radius 3 is 2.71 bits per heavy atom. The minimum absolute atomic E-state index is 0.125. The predicted octanol–water partition coefficient (Wildman–Crippen LogP) is -0.632. The van der Waals surface area contributed by atoms with Crippen LogP contribution in [0, 0.1) is 0 Å². The highest BCUT2D eigenvalue weighted by atomic mass is 16.2. The highest BCUT2D eigenvalue weighted by Crippen LogP contribution is 1.94. The lowest BCUT2D eigenvalue weighted by molar-refractivity contribution is -0.128. The monoisotopic (exact) mass is 99.1 g/mol. The quantitative estimate of drug-likeness (QED) is 0.398. The molecule has 1 saturated heterocycles. The van der Waals surface area contributed by atoms with E-state index in [0.717, 1.165) is 0 Å². The van der Waals surface area contributed by atoms with Gasteiger partial charge < -0.3 is 0 Å². The van der Waals surface area contributed by atoms with Crippen molar-refractivity contribution in [3.63, 3.8) is 0 Å². The van der Waals surface area contributed by atoms with E-state index in [1.54, 1.807) is 7.05 Å². The van der Waals surface area contributed by atoms with Crippen molar-refractivity contribution in [3.8, 4) is 0 Å². The summed E-state index contributed by atoms with van der Waals surface area (Å²) in [5.74, 6) is 0.125. The third kappa shape index (κ3) is 0.718. The highest BCUT2D eigenvalue weighted by molar-refractivity contribution is 5.77. The maximum atomic E-state index is 10.4. The van der Waals surface area contributed by atoms with Crippen LogP contribution >= 0.6 is 0 Å². The number of rotatable bonds is 0. The summed E-state index contributed by atoms with van der Waals surface area (Å²) in [5.41, 5.74) is 3.80. The van der Waals surface area contributed by atoms with Crippen molar-refractivity contribution in [1.29, 1.82) is 0 Å². The molecule has 3 heteroatoms. The van der Waals surface area contributed by atoms with Gasteiger partial charge in [0.15, 0.2) is 0 Å². The molecule has 0 bridgehead atoms. The highest BCUT2D eigenvalue weighted by Gasteiger charge is 2.15. The molecule has 0 atom stereocenters. The van der Waals surface area contributed by atoms with E-state index in [2.05, 4.69) is 5.43 Å². The zero-order valence-corrected chi connectivity index (χ0v) is 4.22. The van der Waals surface area contributed by atoms with Crippen molar-refractivity contribution < 1.29 is 4.79 Å². The molecule has 0 N–H and O–H groups in total. The molecule has 0 aromatic rings. The van der Waals surface area contributed by atoms with E-state index in [1.165, 1.54) is 5.01 Å². The minimum atomic E-state index is 0.125. The van der Waals surface area contributed by atoms with Crippen molar-refractivity contribution in [3.05, 3.63) is 0 Å². The Morgan fingerprint density at radius 2 is 2.57 bits per heavy atom. The number of carbonyl (C=O) groups is 1. The molecule has 0 aromatic heterocycles. The Bertz CT molecular complexity index is 91.7. The van der Waals surface area contributed by atoms with Crippen LogP contribution in [0.4, 0.5) is 0 Å². The first kappa shape index (κ1) is 4.59. The van der Waals surface area contributed by atoms with Gasteiger partial charge in [-0.25, -0.2) is 0 Å². The van der Waals surface area contributed by atoms with Gasteiger partial charge in [0.25, 0.3) is 0 Å². The lowest BCUT2D eigenvalue weighted by Crippen LogP contribution is -2.23. The van der Waals surface area contributed by atoms with E-state index in [9.17, 15) is 4.79 Å². The van der Waals surface area contributed by atoms with Crippen LogP contribution in [0.2, 0.25) is 0 Å². The molecule has 3 nitrogen and oxygen atoms in total. The average Bonchev–Trinajstić information content (AvgIpc) is 1.91. The van der Waals surface area contributed by atoms with Gasteiger partial charge in [0.2, 0.25) is 5.91 Å². The second kappa shape index (κ2) is 1.50. The largest absolute Gasteiger partial charge is 0.273 e. The molecule has 1 radical (unpaired) electrons. The summed E-state index contributed by atoms with van der Waals surface area (Å²) in [6.45, 7) is 0.676. The summed E-state index contributed by atoms with van der Waals surface area (Å²) in [6, 6.07) is 0. The normalized spacial score (nSPS) is 21.3. The molecule has 1 amide bonds. The van der Waals surface area contributed by atoms with Gasteiger partial charge in [0.1, 0.15) is 0 Å². The Balaban J connectivity index is 2.48. The number of amides is 1. The van der Waals surface area contributed by atoms with E-state index >= 15 is 0 Å². The zero-order valence-electron chi connectivity index (χ0n) is 4.22. The van der Waals surface area contributed by atoms with Gasteiger partial charge in [-0.15, -0.1) is 5.43 Å². The van der Waals surface area contributed by atoms with Crippen LogP contribution in [0.5, 0.6) is 0 Å². The van der Waals surface area contributed by atoms with Gasteiger partial charge in [-0.3, -0.25) is 9.80 Å². The second-order valence-electron chi connectivity index (χ2n) is 1.53. The van der Waals surface area contributed by atoms with Crippen molar-refractivity contribution in [2.24, 2.45) is 0 Å². The van der Waals surface area contributed by atoms with Crippen LogP contribution < -0.4 is 5.43 Å². The number of nitrogens with zero attached hydrogens (tertiary/aromatic N) is 2. The third-order valence-corrected chi connectivity index (χ3v) is 0.999. The Kier molecular flexibility index (Phi) is 0.982. The van der Waals surface area contributed by atoms with E-state index in [1.807, 2.05) is 0 Å². The van der Waals surface area contributed by atoms with Gasteiger partial charge in [0.05, 0.1) is 0 Å². The first-order valence-corrected chi connectivity index (χ1v) is 2.24. The van der Waals surface area contributed by atoms with Gasteiger partial charge in [-0.1, -0.05) is 0 Å². The Hall–Kier alpha value is -0.570. The predicted molar refractivity (Wildman–Crippen MR) is 24.4 cm³/mol. The SMILES string of the molecule is CN1[N]CCC1=O. The van der Waals surface area contributed by atoms with Crippen molar-refractivity contribution >= 4 is 5.91 Å². The molecule has 0 aliphatic carbocycles. The maximum absolute atomic E-state index is 10.4. The topological polar surface area (TPSA) is 34.4 Å². The molecular weight excluding hydrogens is 92.1 g/mol. The van der Waals surface area contributed by atoms with Crippen LogP contribution in [0.25, 0.3) is 0 Å². The fourth-order valence-corrected chi connectivity index (χ4v) is 0.536. The lowest BCUT2D eigenvalue weighted by Gasteiger charge is -2.01. The van der Waals surface area contributed by atoms with E-state index < -0.39 is 0 Å². The Labute approximate surface area is 42.3 Å². The minimum Gasteiger partial charge on any atom is -0.273 e. The van der Waals surface area contributed by atoms with Gasteiger partial charge >= 0.3 is 0 Å². The van der Waals surface area contributed by atoms with Crippen molar-refractivity contribution in [2.75, 3.05) is 13.6 Å². The van der Waals surface area contributed by atoms with Crippen molar-refractivity contribution in [1.82, 2.24) is 10.4 Å². The van der Waals surface area contributed by atoms with Gasteiger partial charge in [0, 0.05) is 20.0 Å². The van der Waals surface area contributed by atoms with E-state index in [0.29, 0.717) is 13.0 Å².